The van der Waals surface area contributed by atoms with Crippen LogP contribution in [0, 0.1) is 0 Å². The maximum atomic E-state index is 5.42. The Balaban J connectivity index is 2.09. The molecule has 0 aromatic heterocycles. The van der Waals surface area contributed by atoms with Gasteiger partial charge in [0.15, 0.2) is 0 Å². The summed E-state index contributed by atoms with van der Waals surface area (Å²) >= 11 is 0. The van der Waals surface area contributed by atoms with Crippen LogP contribution >= 0.6 is 0 Å². The number of hydrogen-bond acceptors (Lipinski definition) is 2. The molecular formula is C9H9BNO. The summed E-state index contributed by atoms with van der Waals surface area (Å²) in [6.45, 7) is 0. The van der Waals surface area contributed by atoms with E-state index in [2.05, 4.69) is 29.5 Å². The number of nitrogens with one attached hydrogen (secondary N) is 1. The zero-order valence-corrected chi connectivity index (χ0v) is 6.66. The molecule has 0 bridgehead atoms. The lowest BCUT2D eigenvalue weighted by atomic mass is 10.1. The van der Waals surface area contributed by atoms with Crippen LogP contribution in [-0.2, 0) is 11.1 Å². The third kappa shape index (κ3) is 0.779. The minimum absolute atomic E-state index is 0.336. The summed E-state index contributed by atoms with van der Waals surface area (Å²) in [5, 5.41) is 3.23. The Bertz CT molecular complexity index is 315. The Morgan fingerprint density at radius 2 is 2.33 bits per heavy atom. The fraction of sp³-hybridized carbons (Fsp3) is 0.333. The van der Waals surface area contributed by atoms with Gasteiger partial charge in [0.2, 0.25) is 0 Å². The molecule has 1 aliphatic carbocycles. The van der Waals surface area contributed by atoms with E-state index in [9.17, 15) is 0 Å². The molecule has 2 nitrogen and oxygen atoms in total. The van der Waals surface area contributed by atoms with Crippen molar-refractivity contribution in [1.82, 2.24) is 5.23 Å². The largest absolute Gasteiger partial charge is 0.419 e. The van der Waals surface area contributed by atoms with E-state index in [4.69, 9.17) is 4.65 Å². The van der Waals surface area contributed by atoms with Crippen molar-refractivity contribution < 1.29 is 4.65 Å². The SMILES string of the molecule is [B]1NC2c3ccccc3CC2O1. The minimum atomic E-state index is 0.336. The van der Waals surface area contributed by atoms with Crippen LogP contribution in [0.2, 0.25) is 0 Å². The summed E-state index contributed by atoms with van der Waals surface area (Å²) < 4.78 is 5.42. The van der Waals surface area contributed by atoms with Gasteiger partial charge in [-0.3, -0.25) is 0 Å². The van der Waals surface area contributed by atoms with Crippen LogP contribution < -0.4 is 5.23 Å². The molecule has 12 heavy (non-hydrogen) atoms. The second-order valence-corrected chi connectivity index (χ2v) is 3.34. The van der Waals surface area contributed by atoms with Gasteiger partial charge >= 0.3 is 7.62 Å². The molecule has 1 aromatic carbocycles. The maximum absolute atomic E-state index is 5.42. The second kappa shape index (κ2) is 2.34. The molecule has 1 fully saturated rings. The van der Waals surface area contributed by atoms with Gasteiger partial charge in [-0.1, -0.05) is 24.3 Å². The average Bonchev–Trinajstić information content (AvgIpc) is 2.62. The first-order chi connectivity index (χ1) is 5.95. The van der Waals surface area contributed by atoms with Crippen molar-refractivity contribution in [3.8, 4) is 0 Å². The van der Waals surface area contributed by atoms with Crippen LogP contribution in [0.25, 0.3) is 0 Å². The van der Waals surface area contributed by atoms with Crippen molar-refractivity contribution in [3.63, 3.8) is 0 Å². The standard InChI is InChI=1S/C9H9BNO/c1-2-4-7-6(3-1)5-8-9(7)11-10-12-8/h1-4,8-9,11H,5H2. The molecule has 1 N–H and O–H groups in total. The fourth-order valence-electron chi connectivity index (χ4n) is 2.08. The van der Waals surface area contributed by atoms with E-state index < -0.39 is 0 Å². The molecule has 2 unspecified atom stereocenters. The van der Waals surface area contributed by atoms with E-state index in [-0.39, 0.29) is 0 Å². The number of rotatable bonds is 0. The monoisotopic (exact) mass is 158 g/mol. The highest BCUT2D eigenvalue weighted by Crippen LogP contribution is 2.34. The van der Waals surface area contributed by atoms with Crippen LogP contribution in [0.4, 0.5) is 0 Å². The van der Waals surface area contributed by atoms with Crippen molar-refractivity contribution >= 4 is 7.62 Å². The Kier molecular flexibility index (Phi) is 1.31. The lowest BCUT2D eigenvalue weighted by Crippen LogP contribution is -2.17. The Morgan fingerprint density at radius 3 is 3.33 bits per heavy atom. The van der Waals surface area contributed by atoms with Gasteiger partial charge in [-0.05, 0) is 17.5 Å². The fourth-order valence-corrected chi connectivity index (χ4v) is 2.08. The third-order valence-corrected chi connectivity index (χ3v) is 2.67. The number of fused-ring (bicyclic) bond motifs is 3. The molecule has 3 heteroatoms. The van der Waals surface area contributed by atoms with Crippen molar-refractivity contribution in [2.75, 3.05) is 0 Å². The van der Waals surface area contributed by atoms with Gasteiger partial charge in [-0.25, -0.2) is 0 Å². The highest BCUT2D eigenvalue weighted by Gasteiger charge is 2.36. The first kappa shape index (κ1) is 6.69. The molecule has 1 saturated heterocycles. The molecule has 0 saturated carbocycles. The summed E-state index contributed by atoms with van der Waals surface area (Å²) in [4.78, 5) is 0. The van der Waals surface area contributed by atoms with Crippen LogP contribution in [0.5, 0.6) is 0 Å². The average molecular weight is 158 g/mol. The summed E-state index contributed by atoms with van der Waals surface area (Å²) in [6.07, 6.45) is 1.38. The van der Waals surface area contributed by atoms with Gasteiger partial charge in [0.05, 0.1) is 6.10 Å². The van der Waals surface area contributed by atoms with E-state index in [0.717, 1.165) is 6.42 Å². The Morgan fingerprint density at radius 1 is 1.42 bits per heavy atom. The first-order valence-corrected chi connectivity index (χ1v) is 4.26. The lowest BCUT2D eigenvalue weighted by Gasteiger charge is -2.08. The van der Waals surface area contributed by atoms with Crippen molar-refractivity contribution in [3.05, 3.63) is 35.4 Å². The summed E-state index contributed by atoms with van der Waals surface area (Å²) in [5.74, 6) is 0. The predicted octanol–water partition coefficient (Wildman–Crippen LogP) is 0.806. The van der Waals surface area contributed by atoms with Crippen molar-refractivity contribution in [2.45, 2.75) is 18.6 Å². The van der Waals surface area contributed by atoms with E-state index in [1.807, 2.05) is 0 Å². The Labute approximate surface area is 72.2 Å². The predicted molar refractivity (Wildman–Crippen MR) is 46.6 cm³/mol. The van der Waals surface area contributed by atoms with Gasteiger partial charge < -0.3 is 9.88 Å². The van der Waals surface area contributed by atoms with Crippen LogP contribution in [0.3, 0.4) is 0 Å². The number of hydrogen-bond donors (Lipinski definition) is 1. The normalized spacial score (nSPS) is 31.0. The Hall–Kier alpha value is -0.795. The molecule has 1 heterocycles. The molecular weight excluding hydrogens is 149 g/mol. The van der Waals surface area contributed by atoms with Crippen LogP contribution in [-0.4, -0.2) is 13.7 Å². The quantitative estimate of drug-likeness (QED) is 0.564. The van der Waals surface area contributed by atoms with Crippen molar-refractivity contribution in [2.24, 2.45) is 0 Å². The highest BCUT2D eigenvalue weighted by atomic mass is 16.5. The van der Waals surface area contributed by atoms with E-state index in [0.29, 0.717) is 12.1 Å². The van der Waals surface area contributed by atoms with Crippen molar-refractivity contribution in [1.29, 1.82) is 0 Å². The minimum Gasteiger partial charge on any atom is -0.419 e. The van der Waals surface area contributed by atoms with Crippen LogP contribution in [0.1, 0.15) is 17.2 Å². The molecule has 2 atom stereocenters. The zero-order chi connectivity index (χ0) is 7.97. The zero-order valence-electron chi connectivity index (χ0n) is 6.66. The van der Waals surface area contributed by atoms with E-state index in [1.54, 1.807) is 7.62 Å². The number of benzene rings is 1. The summed E-state index contributed by atoms with van der Waals surface area (Å²) in [7, 11) is 1.71. The molecule has 1 aromatic rings. The highest BCUT2D eigenvalue weighted by molar-refractivity contribution is 6.24. The van der Waals surface area contributed by atoms with Gasteiger partial charge in [0, 0.05) is 6.04 Å². The summed E-state index contributed by atoms with van der Waals surface area (Å²) in [5.41, 5.74) is 2.82. The molecule has 2 aliphatic rings. The molecule has 0 spiro atoms. The lowest BCUT2D eigenvalue weighted by molar-refractivity contribution is 0.232. The van der Waals surface area contributed by atoms with E-state index in [1.165, 1.54) is 11.1 Å². The molecule has 0 amide bonds. The van der Waals surface area contributed by atoms with Gasteiger partial charge in [-0.2, -0.15) is 0 Å². The third-order valence-electron chi connectivity index (χ3n) is 2.67. The van der Waals surface area contributed by atoms with Gasteiger partial charge in [0.1, 0.15) is 0 Å². The topological polar surface area (TPSA) is 21.3 Å². The second-order valence-electron chi connectivity index (χ2n) is 3.34. The molecule has 59 valence electrons. The van der Waals surface area contributed by atoms with Gasteiger partial charge in [-0.15, -0.1) is 0 Å². The molecule has 1 radical (unpaired) electrons. The van der Waals surface area contributed by atoms with Gasteiger partial charge in [0.25, 0.3) is 0 Å². The van der Waals surface area contributed by atoms with E-state index >= 15 is 0 Å². The smallest absolute Gasteiger partial charge is 0.396 e. The summed E-state index contributed by atoms with van der Waals surface area (Å²) in [6, 6.07) is 8.93. The maximum Gasteiger partial charge on any atom is 0.396 e. The first-order valence-electron chi connectivity index (χ1n) is 4.26. The molecule has 1 aliphatic heterocycles. The van der Waals surface area contributed by atoms with Crippen LogP contribution in [0.15, 0.2) is 24.3 Å². The molecule has 3 rings (SSSR count).